The zero-order valence-electron chi connectivity index (χ0n) is 42.7. The molecule has 0 saturated carbocycles. The van der Waals surface area contributed by atoms with Crippen molar-refractivity contribution in [1.82, 2.24) is 0 Å². The van der Waals surface area contributed by atoms with Crippen molar-refractivity contribution in [1.29, 1.82) is 0 Å². The molecule has 0 spiro atoms. The second kappa shape index (κ2) is 25.5. The van der Waals surface area contributed by atoms with Gasteiger partial charge < -0.3 is 0 Å². The molecule has 12 rings (SSSR count). The molecule has 0 aromatic heterocycles. The maximum Gasteiger partial charge on any atom is 3.00 e. The van der Waals surface area contributed by atoms with E-state index < -0.39 is 18.4 Å². The third-order valence-electron chi connectivity index (χ3n) is 15.6. The van der Waals surface area contributed by atoms with Gasteiger partial charge in [0.15, 0.2) is 0 Å². The first-order chi connectivity index (χ1) is 37.3. The fourth-order valence-electron chi connectivity index (χ4n) is 12.4. The number of hydrogen-bond acceptors (Lipinski definition) is 0. The van der Waals surface area contributed by atoms with E-state index in [1.54, 1.807) is 0 Å². The van der Waals surface area contributed by atoms with Gasteiger partial charge in [0.05, 0.1) is 0 Å². The molecule has 0 saturated heterocycles. The second-order valence-electron chi connectivity index (χ2n) is 19.5. The molecule has 1 radical (unpaired) electrons. The Labute approximate surface area is 462 Å². The normalized spacial score (nSPS) is 11.1. The molecule has 12 aromatic rings. The Morgan fingerprint density at radius 3 is 0.237 bits per heavy atom. The number of hydrogen-bond donors (Lipinski definition) is 0. The van der Waals surface area contributed by atoms with E-state index in [9.17, 15) is 0 Å². The van der Waals surface area contributed by atoms with Crippen molar-refractivity contribution in [2.45, 2.75) is 0 Å². The van der Waals surface area contributed by atoms with Crippen LogP contribution in [0.1, 0.15) is 0 Å². The molecule has 12 aromatic carbocycles. The quantitative estimate of drug-likeness (QED) is 0.107. The van der Waals surface area contributed by atoms with Crippen molar-refractivity contribution < 1.29 is 17.1 Å². The van der Waals surface area contributed by atoms with Gasteiger partial charge in [-0.25, -0.2) is 0 Å². The van der Waals surface area contributed by atoms with Gasteiger partial charge in [0, 0.05) is 0 Å². The van der Waals surface area contributed by atoms with E-state index in [1.165, 1.54) is 65.6 Å². The van der Waals surface area contributed by atoms with Gasteiger partial charge in [-0.15, -0.1) is 0 Å². The van der Waals surface area contributed by atoms with E-state index in [0.717, 1.165) is 0 Å². The number of rotatable bonds is 12. The van der Waals surface area contributed by atoms with Crippen molar-refractivity contribution in [3.63, 3.8) is 0 Å². The van der Waals surface area contributed by atoms with Gasteiger partial charge in [-0.2, -0.15) is 65.6 Å². The molecule has 0 bridgehead atoms. The third kappa shape index (κ3) is 10.7. The van der Waals surface area contributed by atoms with Crippen LogP contribution in [0.15, 0.2) is 364 Å². The van der Waals surface area contributed by atoms with Crippen LogP contribution in [0.4, 0.5) is 0 Å². The van der Waals surface area contributed by atoms with Gasteiger partial charge in [-0.1, -0.05) is 364 Å². The first kappa shape index (κ1) is 52.2. The summed E-state index contributed by atoms with van der Waals surface area (Å²) in [6.45, 7) is 0. The fourth-order valence-corrected chi connectivity index (χ4v) is 12.4. The summed E-state index contributed by atoms with van der Waals surface area (Å²) >= 11 is 0. The molecule has 0 N–H and O–H groups in total. The average Bonchev–Trinajstić information content (AvgIpc) is 3.54. The Hall–Kier alpha value is -8.65. The molecule has 0 aliphatic carbocycles. The molecule has 0 atom stereocenters. The van der Waals surface area contributed by atoms with Gasteiger partial charge in [0.1, 0.15) is 18.4 Å². The standard InChI is InChI=1S/3C24H20B.Fe/c3*1-5-13-21(14-6-1)25(22-15-7-2-8-16-22,23-17-9-3-10-18-23)24-19-11-4-12-20-24;/h3*1-20H;/q3*-1;+3. The molecular weight excluding hydrogens is 953 g/mol. The molecule has 0 unspecified atom stereocenters. The van der Waals surface area contributed by atoms with Crippen LogP contribution in [0, 0.1) is 0 Å². The van der Waals surface area contributed by atoms with Crippen molar-refractivity contribution in [2.75, 3.05) is 0 Å². The van der Waals surface area contributed by atoms with Crippen LogP contribution in [0.3, 0.4) is 0 Å². The number of benzene rings is 12. The van der Waals surface area contributed by atoms with E-state index in [0.29, 0.717) is 0 Å². The summed E-state index contributed by atoms with van der Waals surface area (Å²) in [6, 6.07) is 131. The minimum Gasteiger partial charge on any atom is -0.195 e. The second-order valence-corrected chi connectivity index (χ2v) is 19.5. The van der Waals surface area contributed by atoms with Crippen molar-refractivity contribution in [3.8, 4) is 0 Å². The SMILES string of the molecule is [Fe+3].c1ccc([B-](c2ccccc2)(c2ccccc2)c2ccccc2)cc1.c1ccc([B-](c2ccccc2)(c2ccccc2)c2ccccc2)cc1.c1ccc([B-](c2ccccc2)(c2ccccc2)c2ccccc2)cc1. The van der Waals surface area contributed by atoms with Crippen LogP contribution < -0.4 is 65.6 Å². The van der Waals surface area contributed by atoms with Crippen LogP contribution in [0.5, 0.6) is 0 Å². The molecule has 0 aliphatic rings. The summed E-state index contributed by atoms with van der Waals surface area (Å²) in [5, 5.41) is 0. The molecule has 0 fully saturated rings. The van der Waals surface area contributed by atoms with Gasteiger partial charge in [0.2, 0.25) is 0 Å². The summed E-state index contributed by atoms with van der Waals surface area (Å²) in [5.41, 5.74) is 16.1. The fraction of sp³-hybridized carbons (Fsp3) is 0. The molecule has 76 heavy (non-hydrogen) atoms. The molecule has 0 aliphatic heterocycles. The smallest absolute Gasteiger partial charge is 0.195 e. The van der Waals surface area contributed by atoms with Crippen LogP contribution in [0.2, 0.25) is 0 Å². The molecule has 365 valence electrons. The molecule has 0 amide bonds. The van der Waals surface area contributed by atoms with Crippen LogP contribution in [0.25, 0.3) is 0 Å². The zero-order chi connectivity index (χ0) is 50.9. The summed E-state index contributed by atoms with van der Waals surface area (Å²) in [5.74, 6) is 0. The van der Waals surface area contributed by atoms with Crippen molar-refractivity contribution in [2.24, 2.45) is 0 Å². The molecular formula is C72H60B3Fe. The Morgan fingerprint density at radius 2 is 0.171 bits per heavy atom. The van der Waals surface area contributed by atoms with Crippen molar-refractivity contribution in [3.05, 3.63) is 364 Å². The molecule has 0 nitrogen and oxygen atoms in total. The van der Waals surface area contributed by atoms with E-state index in [2.05, 4.69) is 364 Å². The summed E-state index contributed by atoms with van der Waals surface area (Å²) in [6.07, 6.45) is -3.65. The van der Waals surface area contributed by atoms with Crippen LogP contribution in [-0.2, 0) is 17.1 Å². The van der Waals surface area contributed by atoms with Gasteiger partial charge in [-0.3, -0.25) is 0 Å². The van der Waals surface area contributed by atoms with E-state index in [-0.39, 0.29) is 17.1 Å². The predicted molar refractivity (Wildman–Crippen MR) is 330 cm³/mol. The van der Waals surface area contributed by atoms with E-state index >= 15 is 0 Å². The van der Waals surface area contributed by atoms with E-state index in [1.807, 2.05) is 0 Å². The first-order valence-electron chi connectivity index (χ1n) is 26.4. The van der Waals surface area contributed by atoms with Gasteiger partial charge >= 0.3 is 17.1 Å². The van der Waals surface area contributed by atoms with Crippen LogP contribution >= 0.6 is 0 Å². The Kier molecular flexibility index (Phi) is 17.5. The minimum absolute atomic E-state index is 0. The van der Waals surface area contributed by atoms with Crippen LogP contribution in [-0.4, -0.2) is 18.4 Å². The Bertz CT molecular complexity index is 2650. The average molecular weight is 1010 g/mol. The minimum atomic E-state index is -1.22. The summed E-state index contributed by atoms with van der Waals surface area (Å²) < 4.78 is 0. The third-order valence-corrected chi connectivity index (χ3v) is 15.6. The maximum absolute atomic E-state index is 2.26. The summed E-state index contributed by atoms with van der Waals surface area (Å²) in [4.78, 5) is 0. The monoisotopic (exact) mass is 1010 g/mol. The van der Waals surface area contributed by atoms with Gasteiger partial charge in [-0.05, 0) is 0 Å². The zero-order valence-corrected chi connectivity index (χ0v) is 43.8. The van der Waals surface area contributed by atoms with E-state index in [4.69, 9.17) is 0 Å². The maximum atomic E-state index is 2.26. The first-order valence-corrected chi connectivity index (χ1v) is 26.4. The Balaban J connectivity index is 0.000000138. The largest absolute Gasteiger partial charge is 3.00 e. The summed E-state index contributed by atoms with van der Waals surface area (Å²) in [7, 11) is 0. The van der Waals surface area contributed by atoms with Gasteiger partial charge in [0.25, 0.3) is 0 Å². The molecule has 4 heteroatoms. The molecule has 0 heterocycles. The van der Waals surface area contributed by atoms with Crippen molar-refractivity contribution >= 4 is 84.0 Å². The Morgan fingerprint density at radius 1 is 0.105 bits per heavy atom. The predicted octanol–water partition coefficient (Wildman–Crippen LogP) is 9.19. The topological polar surface area (TPSA) is 0 Å².